The first-order chi connectivity index (χ1) is 6.30. The van der Waals surface area contributed by atoms with Crippen molar-refractivity contribution in [3.8, 4) is 0 Å². The summed E-state index contributed by atoms with van der Waals surface area (Å²) in [7, 11) is -1.98. The molecule has 0 aromatic carbocycles. The minimum absolute atomic E-state index is 0.188. The summed E-state index contributed by atoms with van der Waals surface area (Å²) in [6.45, 7) is 3.56. The number of carbonyl (C=O) groups is 1. The van der Waals surface area contributed by atoms with Gasteiger partial charge >= 0.3 is 5.97 Å². The molecule has 14 heavy (non-hydrogen) atoms. The molecule has 1 N–H and O–H groups in total. The molecule has 6 heteroatoms. The number of sulfone groups is 1. The van der Waals surface area contributed by atoms with E-state index in [1.807, 2.05) is 0 Å². The number of rotatable bonds is 1. The molecule has 1 atom stereocenters. The number of methoxy groups -OCH3 is 1. The maximum absolute atomic E-state index is 11.7. The van der Waals surface area contributed by atoms with Crippen molar-refractivity contribution in [2.24, 2.45) is 0 Å². The molecule has 5 nitrogen and oxygen atoms in total. The summed E-state index contributed by atoms with van der Waals surface area (Å²) >= 11 is 0. The monoisotopic (exact) mass is 221 g/mol. The number of nitrogens with one attached hydrogen (secondary N) is 1. The van der Waals surface area contributed by atoms with Gasteiger partial charge in [-0.2, -0.15) is 0 Å². The third-order valence-electron chi connectivity index (χ3n) is 2.49. The molecule has 1 aliphatic heterocycles. The Labute approximate surface area is 83.7 Å². The van der Waals surface area contributed by atoms with Crippen molar-refractivity contribution in [1.29, 1.82) is 0 Å². The van der Waals surface area contributed by atoms with Crippen LogP contribution in [-0.4, -0.2) is 44.6 Å². The van der Waals surface area contributed by atoms with Crippen LogP contribution in [0.5, 0.6) is 0 Å². The van der Waals surface area contributed by atoms with E-state index in [4.69, 9.17) is 0 Å². The lowest BCUT2D eigenvalue weighted by Crippen LogP contribution is -2.58. The average Bonchev–Trinajstić information content (AvgIpc) is 2.08. The van der Waals surface area contributed by atoms with E-state index in [0.717, 1.165) is 0 Å². The molecule has 0 spiro atoms. The highest BCUT2D eigenvalue weighted by Gasteiger charge is 2.43. The van der Waals surface area contributed by atoms with Gasteiger partial charge in [-0.05, 0) is 13.8 Å². The average molecular weight is 221 g/mol. The maximum atomic E-state index is 11.7. The van der Waals surface area contributed by atoms with Crippen LogP contribution in [0.1, 0.15) is 13.8 Å². The first kappa shape index (κ1) is 11.5. The van der Waals surface area contributed by atoms with Crippen LogP contribution >= 0.6 is 0 Å². The Morgan fingerprint density at radius 3 is 2.50 bits per heavy atom. The lowest BCUT2D eigenvalue weighted by Gasteiger charge is -2.33. The van der Waals surface area contributed by atoms with Crippen molar-refractivity contribution in [2.45, 2.75) is 24.6 Å². The van der Waals surface area contributed by atoms with E-state index in [1.54, 1.807) is 13.8 Å². The first-order valence-electron chi connectivity index (χ1n) is 4.34. The Morgan fingerprint density at radius 1 is 1.50 bits per heavy atom. The van der Waals surface area contributed by atoms with Gasteiger partial charge in [0.2, 0.25) is 0 Å². The van der Waals surface area contributed by atoms with Crippen LogP contribution < -0.4 is 5.32 Å². The van der Waals surface area contributed by atoms with E-state index in [-0.39, 0.29) is 12.3 Å². The molecule has 0 aromatic rings. The van der Waals surface area contributed by atoms with E-state index in [9.17, 15) is 13.2 Å². The lowest BCUT2D eigenvalue weighted by molar-refractivity contribution is -0.142. The third kappa shape index (κ3) is 1.90. The van der Waals surface area contributed by atoms with Gasteiger partial charge in [0.25, 0.3) is 0 Å². The van der Waals surface area contributed by atoms with E-state index < -0.39 is 26.6 Å². The summed E-state index contributed by atoms with van der Waals surface area (Å²) in [6, 6.07) is -0.724. The molecule has 1 unspecified atom stereocenters. The SMILES string of the molecule is COC(=O)C1CS(=O)(=O)C(C)(C)CN1. The minimum atomic E-state index is -3.23. The van der Waals surface area contributed by atoms with E-state index in [2.05, 4.69) is 10.1 Å². The van der Waals surface area contributed by atoms with Gasteiger partial charge in [0.1, 0.15) is 6.04 Å². The summed E-state index contributed by atoms with van der Waals surface area (Å²) in [4.78, 5) is 11.1. The van der Waals surface area contributed by atoms with Crippen molar-refractivity contribution in [3.63, 3.8) is 0 Å². The van der Waals surface area contributed by atoms with Crippen molar-refractivity contribution in [1.82, 2.24) is 5.32 Å². The molecule has 0 saturated carbocycles. The van der Waals surface area contributed by atoms with Crippen LogP contribution in [0.4, 0.5) is 0 Å². The molecule has 82 valence electrons. The standard InChI is InChI=1S/C8H15NO4S/c1-8(2)5-9-6(7(10)13-3)4-14(8,11)12/h6,9H,4-5H2,1-3H3. The number of esters is 1. The Hall–Kier alpha value is -0.620. The third-order valence-corrected chi connectivity index (χ3v) is 5.09. The van der Waals surface area contributed by atoms with Gasteiger partial charge in [-0.15, -0.1) is 0 Å². The molecular formula is C8H15NO4S. The molecule has 1 heterocycles. The fourth-order valence-electron chi connectivity index (χ4n) is 1.28. The molecule has 0 radical (unpaired) electrons. The molecule has 0 bridgehead atoms. The minimum Gasteiger partial charge on any atom is -0.468 e. The second-order valence-corrected chi connectivity index (χ2v) is 6.67. The summed E-state index contributed by atoms with van der Waals surface area (Å²) < 4.78 is 27.0. The van der Waals surface area contributed by atoms with Crippen LogP contribution in [0.15, 0.2) is 0 Å². The molecule has 0 aromatic heterocycles. The van der Waals surface area contributed by atoms with Gasteiger partial charge in [0.15, 0.2) is 9.84 Å². The van der Waals surface area contributed by atoms with Crippen molar-refractivity contribution < 1.29 is 17.9 Å². The summed E-state index contributed by atoms with van der Waals surface area (Å²) in [5, 5.41) is 2.86. The molecule has 1 aliphatic rings. The lowest BCUT2D eigenvalue weighted by atomic mass is 10.2. The Kier molecular flexibility index (Phi) is 2.87. The second kappa shape index (κ2) is 3.51. The van der Waals surface area contributed by atoms with Crippen LogP contribution in [-0.2, 0) is 19.4 Å². The smallest absolute Gasteiger partial charge is 0.323 e. The Morgan fingerprint density at radius 2 is 2.07 bits per heavy atom. The van der Waals surface area contributed by atoms with Crippen molar-refractivity contribution in [2.75, 3.05) is 19.4 Å². The zero-order chi connectivity index (χ0) is 11.0. The number of hydrogen-bond donors (Lipinski definition) is 1. The van der Waals surface area contributed by atoms with Crippen molar-refractivity contribution >= 4 is 15.8 Å². The molecular weight excluding hydrogens is 206 g/mol. The maximum Gasteiger partial charge on any atom is 0.323 e. The predicted molar refractivity (Wildman–Crippen MR) is 51.7 cm³/mol. The fourth-order valence-corrected chi connectivity index (χ4v) is 2.72. The normalized spacial score (nSPS) is 29.5. The Balaban J connectivity index is 2.84. The van der Waals surface area contributed by atoms with Gasteiger partial charge in [-0.25, -0.2) is 8.42 Å². The highest BCUT2D eigenvalue weighted by molar-refractivity contribution is 7.92. The first-order valence-corrected chi connectivity index (χ1v) is 5.99. The molecule has 1 fully saturated rings. The highest BCUT2D eigenvalue weighted by Crippen LogP contribution is 2.21. The summed E-state index contributed by atoms with van der Waals surface area (Å²) in [5.74, 6) is -0.712. The highest BCUT2D eigenvalue weighted by atomic mass is 32.2. The second-order valence-electron chi connectivity index (χ2n) is 4.00. The number of carbonyl (C=O) groups excluding carboxylic acids is 1. The molecule has 1 saturated heterocycles. The van der Waals surface area contributed by atoms with E-state index >= 15 is 0 Å². The topological polar surface area (TPSA) is 72.5 Å². The summed E-state index contributed by atoms with van der Waals surface area (Å²) in [5.41, 5.74) is 0. The fraction of sp³-hybridized carbons (Fsp3) is 0.875. The van der Waals surface area contributed by atoms with E-state index in [1.165, 1.54) is 7.11 Å². The quantitative estimate of drug-likeness (QED) is 0.594. The van der Waals surface area contributed by atoms with Gasteiger partial charge < -0.3 is 10.1 Å². The van der Waals surface area contributed by atoms with Crippen LogP contribution in [0.25, 0.3) is 0 Å². The van der Waals surface area contributed by atoms with Gasteiger partial charge in [-0.3, -0.25) is 4.79 Å². The zero-order valence-electron chi connectivity index (χ0n) is 8.53. The van der Waals surface area contributed by atoms with Gasteiger partial charge in [0.05, 0.1) is 17.6 Å². The predicted octanol–water partition coefficient (Wildman–Crippen LogP) is -0.675. The van der Waals surface area contributed by atoms with Crippen molar-refractivity contribution in [3.05, 3.63) is 0 Å². The van der Waals surface area contributed by atoms with E-state index in [0.29, 0.717) is 0 Å². The number of ether oxygens (including phenoxy) is 1. The molecule has 0 aliphatic carbocycles. The van der Waals surface area contributed by atoms with Crippen LogP contribution in [0, 0.1) is 0 Å². The van der Waals surface area contributed by atoms with Gasteiger partial charge in [-0.1, -0.05) is 0 Å². The van der Waals surface area contributed by atoms with Crippen LogP contribution in [0.3, 0.4) is 0 Å². The molecule has 1 rings (SSSR count). The number of hydrogen-bond acceptors (Lipinski definition) is 5. The Bertz CT molecular complexity index is 333. The largest absolute Gasteiger partial charge is 0.468 e. The summed E-state index contributed by atoms with van der Waals surface area (Å²) in [6.07, 6.45) is 0. The van der Waals surface area contributed by atoms with Gasteiger partial charge in [0, 0.05) is 6.54 Å². The zero-order valence-corrected chi connectivity index (χ0v) is 9.35. The van der Waals surface area contributed by atoms with Crippen LogP contribution in [0.2, 0.25) is 0 Å². The molecule has 0 amide bonds.